The van der Waals surface area contributed by atoms with E-state index in [4.69, 9.17) is 4.42 Å². The van der Waals surface area contributed by atoms with E-state index in [1.807, 2.05) is 31.2 Å². The molecule has 0 bridgehead atoms. The Morgan fingerprint density at radius 2 is 2.11 bits per heavy atom. The third-order valence-corrected chi connectivity index (χ3v) is 2.95. The van der Waals surface area contributed by atoms with Crippen molar-refractivity contribution in [2.24, 2.45) is 0 Å². The van der Waals surface area contributed by atoms with Crippen molar-refractivity contribution in [1.29, 1.82) is 0 Å². The van der Waals surface area contributed by atoms with Crippen LogP contribution in [0.4, 0.5) is 0 Å². The lowest BCUT2D eigenvalue weighted by Crippen LogP contribution is -1.98. The van der Waals surface area contributed by atoms with Crippen LogP contribution in [0.2, 0.25) is 0 Å². The highest BCUT2D eigenvalue weighted by molar-refractivity contribution is 5.81. The van der Waals surface area contributed by atoms with E-state index in [9.17, 15) is 5.11 Å². The van der Waals surface area contributed by atoms with Gasteiger partial charge in [-0.2, -0.15) is 10.2 Å². The Hall–Kier alpha value is -2.20. The van der Waals surface area contributed by atoms with Gasteiger partial charge in [-0.15, -0.1) is 0 Å². The minimum absolute atomic E-state index is 0.521. The van der Waals surface area contributed by atoms with E-state index in [0.29, 0.717) is 11.3 Å². The summed E-state index contributed by atoms with van der Waals surface area (Å²) in [5, 5.41) is 18.7. The van der Waals surface area contributed by atoms with Crippen LogP contribution < -0.4 is 0 Å². The molecule has 0 saturated heterocycles. The van der Waals surface area contributed by atoms with Gasteiger partial charge in [-0.05, 0) is 24.6 Å². The van der Waals surface area contributed by atoms with Gasteiger partial charge in [-0.1, -0.05) is 18.2 Å². The molecule has 1 N–H and O–H groups in total. The first-order valence-electron chi connectivity index (χ1n) is 5.69. The summed E-state index contributed by atoms with van der Waals surface area (Å²) >= 11 is 0. The summed E-state index contributed by atoms with van der Waals surface area (Å²) in [5.74, 6) is 0.521. The Balaban J connectivity index is 2.07. The van der Waals surface area contributed by atoms with Crippen LogP contribution in [0.5, 0.6) is 0 Å². The van der Waals surface area contributed by atoms with E-state index < -0.39 is 6.10 Å². The van der Waals surface area contributed by atoms with Crippen LogP contribution in [-0.4, -0.2) is 15.3 Å². The maximum absolute atomic E-state index is 10.2. The van der Waals surface area contributed by atoms with Gasteiger partial charge in [0.15, 0.2) is 0 Å². The van der Waals surface area contributed by atoms with Gasteiger partial charge >= 0.3 is 0 Å². The van der Waals surface area contributed by atoms with Crippen LogP contribution >= 0.6 is 0 Å². The van der Waals surface area contributed by atoms with Crippen molar-refractivity contribution in [3.63, 3.8) is 0 Å². The number of aryl methyl sites for hydroxylation is 1. The first-order valence-corrected chi connectivity index (χ1v) is 5.69. The number of furan rings is 1. The lowest BCUT2D eigenvalue weighted by molar-refractivity contribution is 0.191. The van der Waals surface area contributed by atoms with Gasteiger partial charge in [-0.3, -0.25) is 0 Å². The van der Waals surface area contributed by atoms with Gasteiger partial charge in [0.2, 0.25) is 0 Å². The fraction of sp³-hybridized carbons (Fsp3) is 0.143. The summed E-state index contributed by atoms with van der Waals surface area (Å²) in [5.41, 5.74) is 2.54. The molecule has 2 aromatic heterocycles. The number of fused-ring (bicyclic) bond motifs is 1. The van der Waals surface area contributed by atoms with Gasteiger partial charge in [0, 0.05) is 17.1 Å². The number of hydrogen-bond acceptors (Lipinski definition) is 4. The summed E-state index contributed by atoms with van der Waals surface area (Å²) in [7, 11) is 0. The third-order valence-electron chi connectivity index (χ3n) is 2.95. The molecule has 1 unspecified atom stereocenters. The fourth-order valence-corrected chi connectivity index (χ4v) is 1.99. The molecule has 1 aromatic carbocycles. The number of aromatic nitrogens is 2. The lowest BCUT2D eigenvalue weighted by Gasteiger charge is -2.05. The van der Waals surface area contributed by atoms with E-state index in [1.165, 1.54) is 6.20 Å². The van der Waals surface area contributed by atoms with Gasteiger partial charge in [0.05, 0.1) is 6.20 Å². The van der Waals surface area contributed by atoms with Gasteiger partial charge < -0.3 is 9.52 Å². The molecule has 2 heterocycles. The fourth-order valence-electron chi connectivity index (χ4n) is 1.99. The molecule has 90 valence electrons. The highest BCUT2D eigenvalue weighted by Gasteiger charge is 2.16. The van der Waals surface area contributed by atoms with Crippen molar-refractivity contribution < 1.29 is 9.52 Å². The number of aliphatic hydroxyl groups is 1. The van der Waals surface area contributed by atoms with Crippen LogP contribution in [0.15, 0.2) is 47.1 Å². The second-order valence-corrected chi connectivity index (χ2v) is 4.22. The van der Waals surface area contributed by atoms with Crippen molar-refractivity contribution in [1.82, 2.24) is 10.2 Å². The molecule has 4 heteroatoms. The highest BCUT2D eigenvalue weighted by atomic mass is 16.4. The number of nitrogens with zero attached hydrogens (tertiary/aromatic N) is 2. The van der Waals surface area contributed by atoms with Crippen LogP contribution in [0, 0.1) is 6.92 Å². The Bertz CT molecular complexity index is 677. The van der Waals surface area contributed by atoms with Gasteiger partial charge in [0.1, 0.15) is 17.4 Å². The SMILES string of the molecule is Cc1cccc2cc(C(O)c3ccnnc3)oc12. The molecular formula is C14H12N2O2. The van der Waals surface area contributed by atoms with E-state index in [2.05, 4.69) is 10.2 Å². The van der Waals surface area contributed by atoms with Crippen molar-refractivity contribution >= 4 is 11.0 Å². The highest BCUT2D eigenvalue weighted by Crippen LogP contribution is 2.29. The normalized spacial score (nSPS) is 12.8. The first-order chi connectivity index (χ1) is 8.75. The topological polar surface area (TPSA) is 59.2 Å². The van der Waals surface area contributed by atoms with Crippen LogP contribution in [-0.2, 0) is 0 Å². The molecule has 0 spiro atoms. The Morgan fingerprint density at radius 3 is 2.83 bits per heavy atom. The number of aliphatic hydroxyl groups excluding tert-OH is 1. The van der Waals surface area contributed by atoms with Gasteiger partial charge in [-0.25, -0.2) is 0 Å². The minimum atomic E-state index is -0.813. The summed E-state index contributed by atoms with van der Waals surface area (Å²) in [6.45, 7) is 1.98. The van der Waals surface area contributed by atoms with Crippen LogP contribution in [0.1, 0.15) is 23.0 Å². The molecule has 3 rings (SSSR count). The Labute approximate surface area is 104 Å². The Morgan fingerprint density at radius 1 is 1.22 bits per heavy atom. The summed E-state index contributed by atoms with van der Waals surface area (Å²) < 4.78 is 5.72. The van der Waals surface area contributed by atoms with Crippen molar-refractivity contribution in [3.8, 4) is 0 Å². The van der Waals surface area contributed by atoms with Crippen LogP contribution in [0.25, 0.3) is 11.0 Å². The molecule has 4 nitrogen and oxygen atoms in total. The van der Waals surface area contributed by atoms with Crippen LogP contribution in [0.3, 0.4) is 0 Å². The molecule has 0 aliphatic rings. The zero-order chi connectivity index (χ0) is 12.5. The van der Waals surface area contributed by atoms with E-state index in [0.717, 1.165) is 16.5 Å². The summed E-state index contributed by atoms with van der Waals surface area (Å²) in [4.78, 5) is 0. The largest absolute Gasteiger partial charge is 0.458 e. The molecule has 1 atom stereocenters. The number of benzene rings is 1. The molecular weight excluding hydrogens is 228 g/mol. The molecule has 3 aromatic rings. The molecule has 0 aliphatic carbocycles. The Kier molecular flexibility index (Phi) is 2.57. The monoisotopic (exact) mass is 240 g/mol. The van der Waals surface area contributed by atoms with Gasteiger partial charge in [0.25, 0.3) is 0 Å². The number of hydrogen-bond donors (Lipinski definition) is 1. The maximum Gasteiger partial charge on any atom is 0.138 e. The number of rotatable bonds is 2. The zero-order valence-corrected chi connectivity index (χ0v) is 9.87. The standard InChI is InChI=1S/C14H12N2O2/c1-9-3-2-4-10-7-12(18-14(9)10)13(17)11-5-6-15-16-8-11/h2-8,13,17H,1H3. The van der Waals surface area contributed by atoms with Crippen molar-refractivity contribution in [2.75, 3.05) is 0 Å². The predicted molar refractivity (Wildman–Crippen MR) is 67.0 cm³/mol. The quantitative estimate of drug-likeness (QED) is 0.748. The summed E-state index contributed by atoms with van der Waals surface area (Å²) in [6.07, 6.45) is 2.27. The minimum Gasteiger partial charge on any atom is -0.458 e. The average molecular weight is 240 g/mol. The first kappa shape index (κ1) is 10.9. The molecule has 0 radical (unpaired) electrons. The second kappa shape index (κ2) is 4.23. The van der Waals surface area contributed by atoms with E-state index >= 15 is 0 Å². The lowest BCUT2D eigenvalue weighted by atomic mass is 10.1. The molecule has 0 saturated carbocycles. The average Bonchev–Trinajstić information content (AvgIpc) is 2.84. The molecule has 0 amide bonds. The van der Waals surface area contributed by atoms with Crippen molar-refractivity contribution in [2.45, 2.75) is 13.0 Å². The molecule has 18 heavy (non-hydrogen) atoms. The van der Waals surface area contributed by atoms with E-state index in [1.54, 1.807) is 12.3 Å². The molecule has 0 fully saturated rings. The second-order valence-electron chi connectivity index (χ2n) is 4.22. The predicted octanol–water partition coefficient (Wildman–Crippen LogP) is 2.61. The smallest absolute Gasteiger partial charge is 0.138 e. The molecule has 0 aliphatic heterocycles. The zero-order valence-electron chi connectivity index (χ0n) is 9.87. The van der Waals surface area contributed by atoms with Crippen molar-refractivity contribution in [3.05, 3.63) is 59.6 Å². The third kappa shape index (κ3) is 1.76. The van der Waals surface area contributed by atoms with E-state index in [-0.39, 0.29) is 0 Å². The summed E-state index contributed by atoms with van der Waals surface area (Å²) in [6, 6.07) is 9.49. The number of para-hydroxylation sites is 1. The maximum atomic E-state index is 10.2.